The molecule has 0 saturated heterocycles. The van der Waals surface area contributed by atoms with Crippen LogP contribution in [0.3, 0.4) is 0 Å². The first-order valence-electron chi connectivity index (χ1n) is 7.45. The summed E-state index contributed by atoms with van der Waals surface area (Å²) in [5, 5.41) is 15.1. The van der Waals surface area contributed by atoms with Crippen molar-refractivity contribution >= 4 is 23.5 Å². The van der Waals surface area contributed by atoms with Crippen molar-refractivity contribution < 1.29 is 9.90 Å². The highest BCUT2D eigenvalue weighted by molar-refractivity contribution is 7.98. The lowest BCUT2D eigenvalue weighted by molar-refractivity contribution is 0.199. The molecule has 0 heterocycles. The Hall–Kier alpha value is -1.20. The smallest absolute Gasteiger partial charge is 0.319 e. The van der Waals surface area contributed by atoms with Crippen LogP contribution in [0.5, 0.6) is 0 Å². The van der Waals surface area contributed by atoms with Crippen LogP contribution in [0.25, 0.3) is 0 Å². The van der Waals surface area contributed by atoms with Crippen LogP contribution in [0.4, 0.5) is 10.5 Å². The summed E-state index contributed by atoms with van der Waals surface area (Å²) < 4.78 is 0. The molecule has 1 unspecified atom stereocenters. The van der Waals surface area contributed by atoms with Crippen LogP contribution < -0.4 is 10.6 Å². The van der Waals surface area contributed by atoms with Crippen molar-refractivity contribution in [1.82, 2.24) is 5.32 Å². The van der Waals surface area contributed by atoms with Gasteiger partial charge in [-0.3, -0.25) is 0 Å². The molecule has 1 rings (SSSR count). The highest BCUT2D eigenvalue weighted by atomic mass is 32.2. The fourth-order valence-corrected chi connectivity index (χ4v) is 2.44. The van der Waals surface area contributed by atoms with Crippen molar-refractivity contribution in [3.05, 3.63) is 29.8 Å². The van der Waals surface area contributed by atoms with Crippen LogP contribution in [0, 0.1) is 0 Å². The van der Waals surface area contributed by atoms with Crippen LogP contribution in [0.2, 0.25) is 0 Å². The maximum Gasteiger partial charge on any atom is 0.319 e. The molecule has 0 spiro atoms. The molecule has 3 N–H and O–H groups in total. The molecule has 0 saturated carbocycles. The van der Waals surface area contributed by atoms with E-state index in [1.165, 1.54) is 18.6 Å². The van der Waals surface area contributed by atoms with E-state index in [-0.39, 0.29) is 6.03 Å². The van der Waals surface area contributed by atoms with Crippen molar-refractivity contribution in [2.24, 2.45) is 0 Å². The topological polar surface area (TPSA) is 61.4 Å². The van der Waals surface area contributed by atoms with Gasteiger partial charge in [0.25, 0.3) is 0 Å². The Morgan fingerprint density at radius 1 is 1.19 bits per heavy atom. The number of hydrogen-bond donors (Lipinski definition) is 3. The number of rotatable bonds is 9. The number of benzene rings is 1. The summed E-state index contributed by atoms with van der Waals surface area (Å²) >= 11 is 1.88. The van der Waals surface area contributed by atoms with Gasteiger partial charge in [0.2, 0.25) is 0 Å². The Morgan fingerprint density at radius 3 is 2.48 bits per heavy atom. The number of urea groups is 1. The quantitative estimate of drug-likeness (QED) is 0.608. The third-order valence-electron chi connectivity index (χ3n) is 3.21. The molecule has 4 nitrogen and oxygen atoms in total. The summed E-state index contributed by atoms with van der Waals surface area (Å²) in [7, 11) is 0. The number of amides is 2. The second kappa shape index (κ2) is 10.5. The van der Waals surface area contributed by atoms with E-state index in [2.05, 4.69) is 16.9 Å². The summed E-state index contributed by atoms with van der Waals surface area (Å²) in [5.41, 5.74) is 1.57. The zero-order chi connectivity index (χ0) is 15.5. The van der Waals surface area contributed by atoms with Gasteiger partial charge in [-0.15, -0.1) is 0 Å². The molecule has 0 aliphatic heterocycles. The van der Waals surface area contributed by atoms with Crippen molar-refractivity contribution in [3.63, 3.8) is 0 Å². The first-order valence-corrected chi connectivity index (χ1v) is 8.84. The number of aliphatic hydroxyl groups is 1. The van der Waals surface area contributed by atoms with Crippen molar-refractivity contribution in [2.75, 3.05) is 23.9 Å². The van der Waals surface area contributed by atoms with Gasteiger partial charge in [-0.25, -0.2) is 4.79 Å². The molecular weight excluding hydrogens is 284 g/mol. The molecule has 1 atom stereocenters. The number of unbranched alkanes of at least 4 members (excludes halogenated alkanes) is 3. The third-order valence-corrected chi connectivity index (χ3v) is 3.91. The normalized spacial score (nSPS) is 12.0. The van der Waals surface area contributed by atoms with Gasteiger partial charge in [-0.2, -0.15) is 11.8 Å². The molecule has 0 aliphatic carbocycles. The van der Waals surface area contributed by atoms with Crippen LogP contribution in [-0.2, 0) is 0 Å². The van der Waals surface area contributed by atoms with Gasteiger partial charge >= 0.3 is 6.03 Å². The highest BCUT2D eigenvalue weighted by Gasteiger charge is 2.03. The second-order valence-electron chi connectivity index (χ2n) is 5.09. The second-order valence-corrected chi connectivity index (χ2v) is 6.07. The summed E-state index contributed by atoms with van der Waals surface area (Å²) in [4.78, 5) is 11.7. The fourth-order valence-electron chi connectivity index (χ4n) is 1.95. The lowest BCUT2D eigenvalue weighted by atomic mass is 10.1. The summed E-state index contributed by atoms with van der Waals surface area (Å²) in [6, 6.07) is 7.04. The minimum absolute atomic E-state index is 0.177. The molecule has 1 aromatic carbocycles. The SMILES string of the molecule is CSCCCCCCNC(=O)Nc1ccc(C(C)O)cc1. The number of carbonyl (C=O) groups excluding carboxylic acids is 1. The standard InChI is InChI=1S/C16H26N2O2S/c1-13(19)14-7-9-15(10-8-14)18-16(20)17-11-5-3-4-6-12-21-2/h7-10,13,19H,3-6,11-12H2,1-2H3,(H2,17,18,20). The van der Waals surface area contributed by atoms with Crippen LogP contribution in [0.15, 0.2) is 24.3 Å². The first kappa shape index (κ1) is 17.9. The number of aliphatic hydroxyl groups excluding tert-OH is 1. The van der Waals surface area contributed by atoms with Gasteiger partial charge < -0.3 is 15.7 Å². The monoisotopic (exact) mass is 310 g/mol. The molecular formula is C16H26N2O2S. The van der Waals surface area contributed by atoms with E-state index in [4.69, 9.17) is 0 Å². The molecule has 0 fully saturated rings. The first-order chi connectivity index (χ1) is 10.1. The van der Waals surface area contributed by atoms with Gasteiger partial charge in [0.15, 0.2) is 0 Å². The molecule has 1 aromatic rings. The Kier molecular flexibility index (Phi) is 8.94. The summed E-state index contributed by atoms with van der Waals surface area (Å²) in [5.74, 6) is 1.22. The van der Waals surface area contributed by atoms with Crippen LogP contribution in [0.1, 0.15) is 44.3 Å². The van der Waals surface area contributed by atoms with E-state index >= 15 is 0 Å². The number of hydrogen-bond acceptors (Lipinski definition) is 3. The molecule has 21 heavy (non-hydrogen) atoms. The van der Waals surface area contributed by atoms with Crippen LogP contribution >= 0.6 is 11.8 Å². The van der Waals surface area contributed by atoms with Crippen LogP contribution in [-0.4, -0.2) is 29.7 Å². The fraction of sp³-hybridized carbons (Fsp3) is 0.562. The minimum Gasteiger partial charge on any atom is -0.389 e. The average molecular weight is 310 g/mol. The van der Waals surface area contributed by atoms with Gasteiger partial charge in [-0.05, 0) is 49.5 Å². The van der Waals surface area contributed by atoms with E-state index in [1.807, 2.05) is 23.9 Å². The van der Waals surface area contributed by atoms with Gasteiger partial charge in [-0.1, -0.05) is 25.0 Å². The van der Waals surface area contributed by atoms with E-state index in [1.54, 1.807) is 19.1 Å². The maximum absolute atomic E-state index is 11.7. The minimum atomic E-state index is -0.487. The molecule has 0 bridgehead atoms. The van der Waals surface area contributed by atoms with E-state index in [9.17, 15) is 9.90 Å². The predicted octanol–water partition coefficient (Wildman–Crippen LogP) is 3.78. The van der Waals surface area contributed by atoms with E-state index < -0.39 is 6.10 Å². The molecule has 0 aliphatic rings. The summed E-state index contributed by atoms with van der Waals surface area (Å²) in [6.45, 7) is 2.42. The Balaban J connectivity index is 2.15. The van der Waals surface area contributed by atoms with E-state index in [0.717, 1.165) is 24.1 Å². The largest absolute Gasteiger partial charge is 0.389 e. The predicted molar refractivity (Wildman–Crippen MR) is 90.9 cm³/mol. The number of anilines is 1. The highest BCUT2D eigenvalue weighted by Crippen LogP contribution is 2.15. The number of nitrogens with one attached hydrogen (secondary N) is 2. The number of carbonyl (C=O) groups is 1. The van der Waals surface area contributed by atoms with Gasteiger partial charge in [0.05, 0.1) is 6.10 Å². The van der Waals surface area contributed by atoms with Crippen molar-refractivity contribution in [2.45, 2.75) is 38.7 Å². The molecule has 0 aromatic heterocycles. The summed E-state index contributed by atoms with van der Waals surface area (Å²) in [6.07, 6.45) is 6.29. The maximum atomic E-state index is 11.7. The van der Waals surface area contributed by atoms with E-state index in [0.29, 0.717) is 6.54 Å². The average Bonchev–Trinajstić information content (AvgIpc) is 2.47. The zero-order valence-corrected chi connectivity index (χ0v) is 13.7. The Morgan fingerprint density at radius 2 is 1.86 bits per heavy atom. The van der Waals surface area contributed by atoms with Gasteiger partial charge in [0, 0.05) is 12.2 Å². The lowest BCUT2D eigenvalue weighted by Gasteiger charge is -2.09. The molecule has 0 radical (unpaired) electrons. The Bertz CT molecular complexity index is 407. The molecule has 118 valence electrons. The zero-order valence-electron chi connectivity index (χ0n) is 12.9. The van der Waals surface area contributed by atoms with Gasteiger partial charge in [0.1, 0.15) is 0 Å². The molecule has 5 heteroatoms. The van der Waals surface area contributed by atoms with Crippen molar-refractivity contribution in [3.8, 4) is 0 Å². The number of thioether (sulfide) groups is 1. The third kappa shape index (κ3) is 7.97. The lowest BCUT2D eigenvalue weighted by Crippen LogP contribution is -2.29. The Labute approximate surface area is 131 Å². The molecule has 2 amide bonds. The van der Waals surface area contributed by atoms with Crippen molar-refractivity contribution in [1.29, 1.82) is 0 Å².